The molecule has 4 atom stereocenters. The molecule has 30 heavy (non-hydrogen) atoms. The molecule has 2 bridgehead atoms. The standard InChI is InChI=1S/C25H41NO4/c1-21(2,3)15-24(9,22(4,5)6)20(29)30-14-19(28)26-18(27)13-25(26)17-11-10-16(12-17)23(25,7)8/h16-17H,10-15H2,1-9H3. The Morgan fingerprint density at radius 1 is 1.03 bits per heavy atom. The number of ether oxygens (including phenoxy) is 1. The second-order valence-electron chi connectivity index (χ2n) is 13.0. The molecule has 0 N–H and O–H groups in total. The van der Waals surface area contributed by atoms with Crippen molar-refractivity contribution in [3.63, 3.8) is 0 Å². The van der Waals surface area contributed by atoms with Crippen LogP contribution in [-0.2, 0) is 19.1 Å². The van der Waals surface area contributed by atoms with E-state index in [0.29, 0.717) is 24.7 Å². The molecule has 5 heteroatoms. The van der Waals surface area contributed by atoms with Gasteiger partial charge in [-0.2, -0.15) is 0 Å². The number of carbonyl (C=O) groups is 3. The molecule has 4 unspecified atom stereocenters. The van der Waals surface area contributed by atoms with Crippen LogP contribution in [0.2, 0.25) is 0 Å². The first-order valence-corrected chi connectivity index (χ1v) is 11.5. The Kier molecular flexibility index (Phi) is 5.28. The van der Waals surface area contributed by atoms with Gasteiger partial charge in [-0.1, -0.05) is 55.4 Å². The average Bonchev–Trinajstić information content (AvgIpc) is 3.11. The lowest BCUT2D eigenvalue weighted by molar-refractivity contribution is -0.192. The summed E-state index contributed by atoms with van der Waals surface area (Å²) in [7, 11) is 0. The quantitative estimate of drug-likeness (QED) is 0.477. The van der Waals surface area contributed by atoms with Gasteiger partial charge >= 0.3 is 5.97 Å². The lowest BCUT2D eigenvalue weighted by Crippen LogP contribution is -2.74. The van der Waals surface area contributed by atoms with Crippen molar-refractivity contribution < 1.29 is 19.1 Å². The lowest BCUT2D eigenvalue weighted by Gasteiger charge is -2.61. The Hall–Kier alpha value is -1.39. The number of imide groups is 1. The summed E-state index contributed by atoms with van der Waals surface area (Å²) in [6.45, 7) is 18.4. The fourth-order valence-corrected chi connectivity index (χ4v) is 6.73. The number of nitrogens with zero attached hydrogens (tertiary/aromatic N) is 1. The minimum absolute atomic E-state index is 0.0599. The van der Waals surface area contributed by atoms with Crippen LogP contribution in [0.4, 0.5) is 0 Å². The number of carbonyl (C=O) groups excluding carboxylic acids is 3. The molecule has 2 aliphatic carbocycles. The first kappa shape index (κ1) is 23.3. The van der Waals surface area contributed by atoms with E-state index in [0.717, 1.165) is 12.8 Å². The number of likely N-dealkylation sites (tertiary alicyclic amines) is 1. The van der Waals surface area contributed by atoms with Crippen molar-refractivity contribution in [1.29, 1.82) is 0 Å². The summed E-state index contributed by atoms with van der Waals surface area (Å²) in [5.74, 6) is 0.115. The Morgan fingerprint density at radius 3 is 2.03 bits per heavy atom. The maximum Gasteiger partial charge on any atom is 0.312 e. The summed E-state index contributed by atoms with van der Waals surface area (Å²) in [4.78, 5) is 40.4. The first-order valence-electron chi connectivity index (χ1n) is 11.5. The summed E-state index contributed by atoms with van der Waals surface area (Å²) in [6.07, 6.45) is 4.46. The highest BCUT2D eigenvalue weighted by Gasteiger charge is 2.72. The molecule has 3 rings (SSSR count). The minimum atomic E-state index is -0.728. The predicted molar refractivity (Wildman–Crippen MR) is 116 cm³/mol. The molecule has 1 saturated heterocycles. The normalized spacial score (nSPS) is 32.2. The van der Waals surface area contributed by atoms with Crippen molar-refractivity contribution in [3.8, 4) is 0 Å². The van der Waals surface area contributed by atoms with Gasteiger partial charge in [-0.05, 0) is 60.7 Å². The highest BCUT2D eigenvalue weighted by molar-refractivity contribution is 6.03. The van der Waals surface area contributed by atoms with Crippen molar-refractivity contribution in [3.05, 3.63) is 0 Å². The average molecular weight is 420 g/mol. The summed E-state index contributed by atoms with van der Waals surface area (Å²) < 4.78 is 5.62. The van der Waals surface area contributed by atoms with Gasteiger partial charge in [0.05, 0.1) is 17.4 Å². The van der Waals surface area contributed by atoms with Crippen molar-refractivity contribution in [1.82, 2.24) is 4.90 Å². The zero-order valence-corrected chi connectivity index (χ0v) is 20.5. The SMILES string of the molecule is CC(C)(C)CC(C)(C(=O)OCC(=O)N1C(=O)CC12C1CCC(C1)C2(C)C)C(C)(C)C. The van der Waals surface area contributed by atoms with Gasteiger partial charge in [0.15, 0.2) is 6.61 Å². The number of amides is 2. The fraction of sp³-hybridized carbons (Fsp3) is 0.880. The topological polar surface area (TPSA) is 63.7 Å². The zero-order valence-electron chi connectivity index (χ0n) is 20.5. The Bertz CT molecular complexity index is 756. The molecule has 170 valence electrons. The van der Waals surface area contributed by atoms with Crippen LogP contribution in [0.15, 0.2) is 0 Å². The minimum Gasteiger partial charge on any atom is -0.455 e. The van der Waals surface area contributed by atoms with Crippen LogP contribution in [0.1, 0.15) is 94.4 Å². The van der Waals surface area contributed by atoms with Gasteiger partial charge in [0.1, 0.15) is 0 Å². The predicted octanol–water partition coefficient (Wildman–Crippen LogP) is 4.97. The molecule has 0 aromatic heterocycles. The van der Waals surface area contributed by atoms with Gasteiger partial charge in [-0.25, -0.2) is 0 Å². The summed E-state index contributed by atoms with van der Waals surface area (Å²) in [5, 5.41) is 0. The molecule has 1 aliphatic heterocycles. The Labute approximate surface area is 182 Å². The van der Waals surface area contributed by atoms with Gasteiger partial charge in [0.2, 0.25) is 5.91 Å². The van der Waals surface area contributed by atoms with Gasteiger partial charge < -0.3 is 4.74 Å². The second-order valence-corrected chi connectivity index (χ2v) is 13.0. The third-order valence-electron chi connectivity index (χ3n) is 8.88. The lowest BCUT2D eigenvalue weighted by atomic mass is 9.57. The monoisotopic (exact) mass is 419 g/mol. The van der Waals surface area contributed by atoms with Crippen LogP contribution in [0.3, 0.4) is 0 Å². The Balaban J connectivity index is 1.75. The smallest absolute Gasteiger partial charge is 0.312 e. The van der Waals surface area contributed by atoms with Gasteiger partial charge in [0.25, 0.3) is 5.91 Å². The molecule has 1 spiro atoms. The molecule has 2 saturated carbocycles. The summed E-state index contributed by atoms with van der Waals surface area (Å²) >= 11 is 0. The molecule has 0 aromatic carbocycles. The molecule has 0 aromatic rings. The van der Waals surface area contributed by atoms with E-state index in [4.69, 9.17) is 4.74 Å². The van der Waals surface area contributed by atoms with Crippen molar-refractivity contribution in [2.45, 2.75) is 100.0 Å². The molecule has 1 heterocycles. The number of hydrogen-bond donors (Lipinski definition) is 0. The highest BCUT2D eigenvalue weighted by Crippen LogP contribution is 2.68. The summed E-state index contributed by atoms with van der Waals surface area (Å²) in [5.41, 5.74) is -1.56. The van der Waals surface area contributed by atoms with Gasteiger partial charge in [-0.3, -0.25) is 19.3 Å². The van der Waals surface area contributed by atoms with E-state index in [1.807, 2.05) is 27.7 Å². The van der Waals surface area contributed by atoms with Gasteiger partial charge in [-0.15, -0.1) is 0 Å². The maximum absolute atomic E-state index is 13.2. The van der Waals surface area contributed by atoms with Crippen LogP contribution in [0.5, 0.6) is 0 Å². The molecule has 3 aliphatic rings. The van der Waals surface area contributed by atoms with E-state index < -0.39 is 5.41 Å². The molecule has 0 radical (unpaired) electrons. The summed E-state index contributed by atoms with van der Waals surface area (Å²) in [6, 6.07) is 0. The third kappa shape index (κ3) is 3.22. The van der Waals surface area contributed by atoms with Crippen LogP contribution in [0, 0.1) is 33.5 Å². The molecular weight excluding hydrogens is 378 g/mol. The van der Waals surface area contributed by atoms with Crippen molar-refractivity contribution in [2.75, 3.05) is 6.61 Å². The fourth-order valence-electron chi connectivity index (χ4n) is 6.73. The number of esters is 1. The largest absolute Gasteiger partial charge is 0.455 e. The number of rotatable bonds is 4. The van der Waals surface area contributed by atoms with Crippen LogP contribution >= 0.6 is 0 Å². The number of hydrogen-bond acceptors (Lipinski definition) is 4. The third-order valence-corrected chi connectivity index (χ3v) is 8.88. The van der Waals surface area contributed by atoms with E-state index in [9.17, 15) is 14.4 Å². The second kappa shape index (κ2) is 6.80. The zero-order chi connectivity index (χ0) is 22.9. The Morgan fingerprint density at radius 2 is 1.60 bits per heavy atom. The van der Waals surface area contributed by atoms with Crippen molar-refractivity contribution >= 4 is 17.8 Å². The van der Waals surface area contributed by atoms with E-state index in [1.54, 1.807) is 0 Å². The van der Waals surface area contributed by atoms with Crippen molar-refractivity contribution in [2.24, 2.45) is 33.5 Å². The van der Waals surface area contributed by atoms with Crippen LogP contribution < -0.4 is 0 Å². The molecule has 3 fully saturated rings. The first-order chi connectivity index (χ1) is 13.5. The number of β-lactam (4-membered cyclic amide) rings is 1. The molecular formula is C25H41NO4. The van der Waals surface area contributed by atoms with E-state index >= 15 is 0 Å². The highest BCUT2D eigenvalue weighted by atomic mass is 16.5. The van der Waals surface area contributed by atoms with E-state index in [2.05, 4.69) is 34.6 Å². The molecule has 5 nitrogen and oxygen atoms in total. The van der Waals surface area contributed by atoms with Crippen LogP contribution in [0.25, 0.3) is 0 Å². The van der Waals surface area contributed by atoms with E-state index in [-0.39, 0.29) is 46.2 Å². The van der Waals surface area contributed by atoms with Crippen LogP contribution in [-0.4, -0.2) is 34.8 Å². The maximum atomic E-state index is 13.2. The van der Waals surface area contributed by atoms with Gasteiger partial charge in [0, 0.05) is 0 Å². The number of fused-ring (bicyclic) bond motifs is 3. The molecule has 2 amide bonds. The van der Waals surface area contributed by atoms with E-state index in [1.165, 1.54) is 11.3 Å².